The van der Waals surface area contributed by atoms with Gasteiger partial charge >= 0.3 is 0 Å². The molecule has 0 amide bonds. The van der Waals surface area contributed by atoms with Crippen molar-refractivity contribution in [3.63, 3.8) is 0 Å². The Kier molecular flexibility index (Phi) is 4.81. The maximum absolute atomic E-state index is 4.39. The molecule has 3 nitrogen and oxygen atoms in total. The van der Waals surface area contributed by atoms with Gasteiger partial charge in [0.05, 0.1) is 11.4 Å². The molecule has 1 aromatic heterocycles. The molecule has 1 saturated carbocycles. The average Bonchev–Trinajstić information content (AvgIpc) is 2.59. The van der Waals surface area contributed by atoms with E-state index < -0.39 is 0 Å². The Morgan fingerprint density at radius 1 is 1.33 bits per heavy atom. The van der Waals surface area contributed by atoms with Gasteiger partial charge in [0.15, 0.2) is 0 Å². The maximum atomic E-state index is 4.39. The molecule has 1 aliphatic carbocycles. The number of nitrogens with zero attached hydrogens (tertiary/aromatic N) is 2. The van der Waals surface area contributed by atoms with Crippen LogP contribution in [0.15, 0.2) is 6.07 Å². The first-order valence-corrected chi connectivity index (χ1v) is 7.39. The highest BCUT2D eigenvalue weighted by Crippen LogP contribution is 2.25. The highest BCUT2D eigenvalue weighted by Gasteiger charge is 2.18. The van der Waals surface area contributed by atoms with Crippen LogP contribution in [-0.2, 0) is 13.6 Å². The molecule has 1 N–H and O–H groups in total. The van der Waals surface area contributed by atoms with E-state index in [1.807, 2.05) is 11.7 Å². The van der Waals surface area contributed by atoms with E-state index >= 15 is 0 Å². The van der Waals surface area contributed by atoms with Gasteiger partial charge in [-0.05, 0) is 38.7 Å². The molecular weight excluding hydrogens is 222 g/mol. The molecule has 0 unspecified atom stereocenters. The second-order valence-electron chi connectivity index (χ2n) is 5.82. The van der Waals surface area contributed by atoms with Gasteiger partial charge < -0.3 is 5.32 Å². The van der Waals surface area contributed by atoms with Gasteiger partial charge in [0, 0.05) is 19.6 Å². The molecule has 0 aromatic carbocycles. The smallest absolute Gasteiger partial charge is 0.0597 e. The summed E-state index contributed by atoms with van der Waals surface area (Å²) in [6.45, 7) is 5.34. The minimum atomic E-state index is 0.623. The maximum Gasteiger partial charge on any atom is 0.0597 e. The third kappa shape index (κ3) is 3.58. The van der Waals surface area contributed by atoms with E-state index in [2.05, 4.69) is 30.3 Å². The number of aromatic nitrogens is 2. The molecule has 18 heavy (non-hydrogen) atoms. The van der Waals surface area contributed by atoms with Crippen LogP contribution in [-0.4, -0.2) is 15.8 Å². The molecule has 0 aliphatic heterocycles. The molecule has 0 saturated heterocycles. The van der Waals surface area contributed by atoms with Crippen LogP contribution in [0.2, 0.25) is 0 Å². The lowest BCUT2D eigenvalue weighted by molar-refractivity contribution is 0.334. The predicted molar refractivity (Wildman–Crippen MR) is 75.4 cm³/mol. The summed E-state index contributed by atoms with van der Waals surface area (Å²) in [6.07, 6.45) is 8.51. The summed E-state index contributed by atoms with van der Waals surface area (Å²) in [5.74, 6) is 0.863. The highest BCUT2D eigenvalue weighted by molar-refractivity contribution is 5.08. The molecular formula is C15H27N3. The summed E-state index contributed by atoms with van der Waals surface area (Å²) in [7, 11) is 2.03. The quantitative estimate of drug-likeness (QED) is 0.831. The normalized spacial score (nSPS) is 19.7. The van der Waals surface area contributed by atoms with Crippen molar-refractivity contribution < 1.29 is 0 Å². The minimum absolute atomic E-state index is 0.623. The van der Waals surface area contributed by atoms with E-state index in [1.165, 1.54) is 44.2 Å². The summed E-state index contributed by atoms with van der Waals surface area (Å²) in [4.78, 5) is 0. The largest absolute Gasteiger partial charge is 0.308 e. The molecule has 3 heteroatoms. The zero-order valence-corrected chi connectivity index (χ0v) is 12.1. The first kappa shape index (κ1) is 13.6. The molecule has 0 radical (unpaired) electrons. The van der Waals surface area contributed by atoms with E-state index in [9.17, 15) is 0 Å². The van der Waals surface area contributed by atoms with Crippen LogP contribution in [0, 0.1) is 12.8 Å². The number of nitrogens with one attached hydrogen (secondary N) is 1. The van der Waals surface area contributed by atoms with Gasteiger partial charge in [0.1, 0.15) is 0 Å². The lowest BCUT2D eigenvalue weighted by atomic mass is 9.93. The number of hydrogen-bond donors (Lipinski definition) is 1. The Balaban J connectivity index is 1.83. The Labute approximate surface area is 111 Å². The van der Waals surface area contributed by atoms with Crippen LogP contribution in [0.1, 0.15) is 56.8 Å². The molecule has 102 valence electrons. The summed E-state index contributed by atoms with van der Waals surface area (Å²) in [5, 5.41) is 8.08. The molecule has 0 bridgehead atoms. The summed E-state index contributed by atoms with van der Waals surface area (Å²) in [6, 6.07) is 2.80. The first-order valence-electron chi connectivity index (χ1n) is 7.39. The van der Waals surface area contributed by atoms with Crippen molar-refractivity contribution in [1.82, 2.24) is 15.1 Å². The molecule has 1 fully saturated rings. The average molecular weight is 249 g/mol. The van der Waals surface area contributed by atoms with Crippen molar-refractivity contribution in [2.24, 2.45) is 13.0 Å². The zero-order chi connectivity index (χ0) is 13.0. The van der Waals surface area contributed by atoms with E-state index in [1.54, 1.807) is 0 Å². The third-order valence-electron chi connectivity index (χ3n) is 4.31. The van der Waals surface area contributed by atoms with Crippen LogP contribution in [0.25, 0.3) is 0 Å². The molecule has 0 spiro atoms. The fraction of sp³-hybridized carbons (Fsp3) is 0.800. The van der Waals surface area contributed by atoms with Gasteiger partial charge in [0.25, 0.3) is 0 Å². The van der Waals surface area contributed by atoms with Crippen LogP contribution >= 0.6 is 0 Å². The molecule has 1 aliphatic rings. The molecule has 1 aromatic rings. The van der Waals surface area contributed by atoms with Gasteiger partial charge in [-0.25, -0.2) is 0 Å². The van der Waals surface area contributed by atoms with E-state index in [-0.39, 0.29) is 0 Å². The van der Waals surface area contributed by atoms with Crippen molar-refractivity contribution >= 4 is 0 Å². The lowest BCUT2D eigenvalue weighted by Gasteiger charge is -2.23. The number of rotatable bonds is 4. The van der Waals surface area contributed by atoms with Crippen LogP contribution in [0.5, 0.6) is 0 Å². The van der Waals surface area contributed by atoms with Gasteiger partial charge in [-0.2, -0.15) is 5.10 Å². The van der Waals surface area contributed by atoms with Crippen LogP contribution in [0.3, 0.4) is 0 Å². The summed E-state index contributed by atoms with van der Waals surface area (Å²) >= 11 is 0. The monoisotopic (exact) mass is 249 g/mol. The molecule has 1 atom stereocenters. The summed E-state index contributed by atoms with van der Waals surface area (Å²) < 4.78 is 1.99. The van der Waals surface area contributed by atoms with E-state index in [0.717, 1.165) is 18.2 Å². The van der Waals surface area contributed by atoms with Gasteiger partial charge in [-0.3, -0.25) is 4.68 Å². The number of hydrogen-bond acceptors (Lipinski definition) is 2. The fourth-order valence-electron chi connectivity index (χ4n) is 3.07. The van der Waals surface area contributed by atoms with Crippen molar-refractivity contribution in [2.75, 3.05) is 0 Å². The topological polar surface area (TPSA) is 29.9 Å². The van der Waals surface area contributed by atoms with Crippen molar-refractivity contribution in [2.45, 2.75) is 65.0 Å². The standard InChI is InChI=1S/C15H27N3/c1-12-10-15(18(3)17-12)11-16-13(2)14-8-6-4-5-7-9-14/h10,13-14,16H,4-9,11H2,1-3H3/t13-/m0/s1. The van der Waals surface area contributed by atoms with Crippen molar-refractivity contribution in [1.29, 1.82) is 0 Å². The Morgan fingerprint density at radius 3 is 2.56 bits per heavy atom. The van der Waals surface area contributed by atoms with E-state index in [0.29, 0.717) is 6.04 Å². The third-order valence-corrected chi connectivity index (χ3v) is 4.31. The van der Waals surface area contributed by atoms with Crippen molar-refractivity contribution in [3.05, 3.63) is 17.5 Å². The summed E-state index contributed by atoms with van der Waals surface area (Å²) in [5.41, 5.74) is 2.39. The van der Waals surface area contributed by atoms with Crippen LogP contribution in [0.4, 0.5) is 0 Å². The second-order valence-corrected chi connectivity index (χ2v) is 5.82. The Bertz CT molecular complexity index is 362. The van der Waals surface area contributed by atoms with Crippen molar-refractivity contribution in [3.8, 4) is 0 Å². The van der Waals surface area contributed by atoms with Gasteiger partial charge in [-0.1, -0.05) is 25.7 Å². The Morgan fingerprint density at radius 2 is 2.00 bits per heavy atom. The minimum Gasteiger partial charge on any atom is -0.308 e. The number of aryl methyl sites for hydroxylation is 2. The SMILES string of the molecule is Cc1cc(CN[C@@H](C)C2CCCCCC2)n(C)n1. The second kappa shape index (κ2) is 6.37. The lowest BCUT2D eigenvalue weighted by Crippen LogP contribution is -2.33. The zero-order valence-electron chi connectivity index (χ0n) is 12.1. The van der Waals surface area contributed by atoms with Crippen LogP contribution < -0.4 is 5.32 Å². The predicted octanol–water partition coefficient (Wildman–Crippen LogP) is 3.18. The first-order chi connectivity index (χ1) is 8.66. The molecule has 1 heterocycles. The molecule has 2 rings (SSSR count). The Hall–Kier alpha value is -0.830. The van der Waals surface area contributed by atoms with Gasteiger partial charge in [0.2, 0.25) is 0 Å². The fourth-order valence-corrected chi connectivity index (χ4v) is 3.07. The van der Waals surface area contributed by atoms with E-state index in [4.69, 9.17) is 0 Å². The highest BCUT2D eigenvalue weighted by atomic mass is 15.3. The van der Waals surface area contributed by atoms with Gasteiger partial charge in [-0.15, -0.1) is 0 Å².